The van der Waals surface area contributed by atoms with E-state index in [1.807, 2.05) is 36.4 Å². The van der Waals surface area contributed by atoms with E-state index in [4.69, 9.17) is 22.3 Å². The Balaban J connectivity index is 0.000000317. The zero-order valence-corrected chi connectivity index (χ0v) is 26.1. The molecule has 42 heavy (non-hydrogen) atoms. The molecule has 0 saturated heterocycles. The molecule has 10 heteroatoms. The van der Waals surface area contributed by atoms with E-state index >= 15 is 0 Å². The molecule has 0 bridgehead atoms. The first-order valence-electron chi connectivity index (χ1n) is 11.6. The molecule has 6 aromatic heterocycles. The van der Waals surface area contributed by atoms with Gasteiger partial charge in [0.05, 0.1) is 11.8 Å². The van der Waals surface area contributed by atoms with Gasteiger partial charge < -0.3 is 66.8 Å². The summed E-state index contributed by atoms with van der Waals surface area (Å²) in [6, 6.07) is 34.4. The summed E-state index contributed by atoms with van der Waals surface area (Å²) in [5.41, 5.74) is 1.14. The number of hydrogen-bond acceptors (Lipinski definition) is 6. The summed E-state index contributed by atoms with van der Waals surface area (Å²) in [7, 11) is 0. The molecule has 0 amide bonds. The van der Waals surface area contributed by atoms with Gasteiger partial charge in [0.15, 0.2) is 0 Å². The quantitative estimate of drug-likeness (QED) is 0.169. The summed E-state index contributed by atoms with van der Waals surface area (Å²) in [5, 5.41) is 0. The predicted octanol–water partition coefficient (Wildman–Crippen LogP) is 5.48. The van der Waals surface area contributed by atoms with E-state index in [2.05, 4.69) is 56.3 Å². The number of rotatable bonds is 5. The first-order chi connectivity index (χ1) is 19.7. The number of nitrogens with zero attached hydrogens (tertiary/aromatic N) is 6. The summed E-state index contributed by atoms with van der Waals surface area (Å²) in [6.45, 7) is 0. The van der Waals surface area contributed by atoms with Crippen molar-refractivity contribution in [2.75, 3.05) is 0 Å². The molecule has 0 atom stereocenters. The van der Waals surface area contributed by atoms with Gasteiger partial charge in [-0.15, -0.1) is 12.4 Å². The van der Waals surface area contributed by atoms with E-state index in [-0.39, 0.29) is 53.9 Å². The van der Waals surface area contributed by atoms with Crippen LogP contribution in [0.5, 0.6) is 23.5 Å². The molecular formula is C32H18N6O2Pt2-6. The molecule has 0 aliphatic heterocycles. The van der Waals surface area contributed by atoms with E-state index in [9.17, 15) is 0 Å². The largest absolute Gasteiger partial charge is 0.669 e. The zero-order chi connectivity index (χ0) is 27.8. The minimum atomic E-state index is 0. The Morgan fingerprint density at radius 3 is 1.29 bits per heavy atom. The maximum Gasteiger partial charge on any atom is 0.218 e. The van der Waals surface area contributed by atoms with Gasteiger partial charge >= 0.3 is 0 Å². The van der Waals surface area contributed by atoms with Gasteiger partial charge in [-0.1, -0.05) is 12.1 Å². The van der Waals surface area contributed by atoms with E-state index < -0.39 is 0 Å². The average Bonchev–Trinajstić information content (AvgIpc) is 3.74. The van der Waals surface area contributed by atoms with Crippen LogP contribution in [0.1, 0.15) is 0 Å². The SMILES string of the molecule is [C-]#Cn1cccc1.[C-]#Cn1cccc1.[Pt].[Pt].[c-]1cnc(Oc2ccccn2)[c-]c1-c1[c-]cnc(Oc2ccccn2)[c-]1. The molecule has 0 radical (unpaired) electrons. The van der Waals surface area contributed by atoms with Crippen LogP contribution in [0.4, 0.5) is 0 Å². The second kappa shape index (κ2) is 18.6. The van der Waals surface area contributed by atoms with Crippen molar-refractivity contribution in [3.8, 4) is 46.7 Å². The van der Waals surface area contributed by atoms with E-state index in [0.717, 1.165) is 0 Å². The minimum absolute atomic E-state index is 0. The maximum absolute atomic E-state index is 6.57. The molecule has 0 N–H and O–H groups in total. The molecular weight excluding hydrogens is 891 g/mol. The van der Waals surface area contributed by atoms with Crippen LogP contribution < -0.4 is 9.47 Å². The van der Waals surface area contributed by atoms with Crippen molar-refractivity contribution in [2.45, 2.75) is 0 Å². The first-order valence-corrected chi connectivity index (χ1v) is 11.6. The maximum atomic E-state index is 6.57. The van der Waals surface area contributed by atoms with Crippen LogP contribution in [0.3, 0.4) is 0 Å². The Morgan fingerprint density at radius 1 is 0.571 bits per heavy atom. The summed E-state index contributed by atoms with van der Waals surface area (Å²) < 4.78 is 14.3. The van der Waals surface area contributed by atoms with Gasteiger partial charge in [0.1, 0.15) is 0 Å². The Bertz CT molecular complexity index is 1540. The molecule has 6 aromatic rings. The van der Waals surface area contributed by atoms with Gasteiger partial charge in [-0.3, -0.25) is 9.97 Å². The van der Waals surface area contributed by atoms with Crippen molar-refractivity contribution < 1.29 is 51.6 Å². The number of pyridine rings is 4. The second-order valence-corrected chi connectivity index (χ2v) is 7.36. The molecule has 0 aromatic carbocycles. The Hall–Kier alpha value is -4.74. The van der Waals surface area contributed by atoms with E-state index in [0.29, 0.717) is 22.9 Å². The fourth-order valence-electron chi connectivity index (χ4n) is 2.87. The van der Waals surface area contributed by atoms with Gasteiger partial charge in [-0.05, 0) is 36.4 Å². The normalized spacial score (nSPS) is 9.00. The van der Waals surface area contributed by atoms with Crippen molar-refractivity contribution in [1.82, 2.24) is 29.1 Å². The van der Waals surface area contributed by atoms with Crippen LogP contribution in [-0.4, -0.2) is 29.1 Å². The van der Waals surface area contributed by atoms with Crippen LogP contribution in [0.15, 0.2) is 110 Å². The van der Waals surface area contributed by atoms with Crippen LogP contribution in [0, 0.1) is 49.2 Å². The summed E-state index contributed by atoms with van der Waals surface area (Å²) in [4.78, 5) is 16.4. The number of ether oxygens (including phenoxy) is 2. The summed E-state index contributed by atoms with van der Waals surface area (Å²) in [6.07, 6.45) is 26.4. The van der Waals surface area contributed by atoms with Crippen LogP contribution in [-0.2, 0) is 42.1 Å². The molecule has 0 unspecified atom stereocenters. The number of hydrogen-bond donors (Lipinski definition) is 0. The molecule has 0 saturated carbocycles. The van der Waals surface area contributed by atoms with Crippen molar-refractivity contribution in [1.29, 1.82) is 0 Å². The van der Waals surface area contributed by atoms with Crippen LogP contribution >= 0.6 is 0 Å². The Morgan fingerprint density at radius 2 is 0.976 bits per heavy atom. The smallest absolute Gasteiger partial charge is 0.218 e. The molecule has 0 aliphatic rings. The van der Waals surface area contributed by atoms with E-state index in [1.54, 1.807) is 70.6 Å². The van der Waals surface area contributed by atoms with Crippen LogP contribution in [0.25, 0.3) is 11.1 Å². The third kappa shape index (κ3) is 11.0. The van der Waals surface area contributed by atoms with Gasteiger partial charge in [0.25, 0.3) is 0 Å². The topological polar surface area (TPSA) is 79.9 Å². The molecule has 0 aliphatic carbocycles. The predicted molar refractivity (Wildman–Crippen MR) is 145 cm³/mol. The molecule has 8 nitrogen and oxygen atoms in total. The third-order valence-corrected chi connectivity index (χ3v) is 4.64. The van der Waals surface area contributed by atoms with Crippen molar-refractivity contribution >= 4 is 0 Å². The van der Waals surface area contributed by atoms with Crippen molar-refractivity contribution in [3.63, 3.8) is 0 Å². The first kappa shape index (κ1) is 33.5. The fourth-order valence-corrected chi connectivity index (χ4v) is 2.87. The Labute approximate surface area is 273 Å². The molecule has 0 fully saturated rings. The third-order valence-electron chi connectivity index (χ3n) is 4.64. The second-order valence-electron chi connectivity index (χ2n) is 7.36. The standard InChI is InChI=1S/C20H10N4O2.2C6H4N.2Pt/c1-3-9-21-17(5-1)25-19-13-15(7-11-23-19)16-8-12-24-20(14-16)26-18-6-2-4-10-22-18;2*1-2-7-5-3-4-6-7;;/h1-6,9-12H;2*3-6H;;/q-4;2*-1;;. The summed E-state index contributed by atoms with van der Waals surface area (Å²) in [5.74, 6) is 1.39. The van der Waals surface area contributed by atoms with Gasteiger partial charge in [-0.2, -0.15) is 0 Å². The van der Waals surface area contributed by atoms with Crippen molar-refractivity contribution in [3.05, 3.63) is 147 Å². The van der Waals surface area contributed by atoms with Gasteiger partial charge in [0.2, 0.25) is 11.8 Å². The molecule has 6 heterocycles. The summed E-state index contributed by atoms with van der Waals surface area (Å²) >= 11 is 0. The fraction of sp³-hybridized carbons (Fsp3) is 0. The number of aromatic nitrogens is 6. The molecule has 0 spiro atoms. The minimum Gasteiger partial charge on any atom is -0.669 e. The molecule has 214 valence electrons. The van der Waals surface area contributed by atoms with Crippen molar-refractivity contribution in [2.24, 2.45) is 0 Å². The van der Waals surface area contributed by atoms with Crippen LogP contribution in [0.2, 0.25) is 0 Å². The Kier molecular flexibility index (Phi) is 14.8. The van der Waals surface area contributed by atoms with Gasteiger partial charge in [0, 0.05) is 91.4 Å². The zero-order valence-electron chi connectivity index (χ0n) is 21.5. The molecule has 6 rings (SSSR count). The average molecular weight is 909 g/mol. The monoisotopic (exact) mass is 908 g/mol. The van der Waals surface area contributed by atoms with E-state index in [1.165, 1.54) is 12.4 Å². The van der Waals surface area contributed by atoms with Gasteiger partial charge in [-0.25, -0.2) is 22.1 Å².